The Morgan fingerprint density at radius 2 is 1.91 bits per heavy atom. The second kappa shape index (κ2) is 8.61. The molecule has 5 nitrogen and oxygen atoms in total. The molecule has 0 bridgehead atoms. The molecule has 0 aliphatic carbocycles. The van der Waals surface area contributed by atoms with E-state index in [0.29, 0.717) is 17.0 Å². The van der Waals surface area contributed by atoms with Crippen molar-refractivity contribution in [1.29, 1.82) is 0 Å². The summed E-state index contributed by atoms with van der Waals surface area (Å²) in [7, 11) is 0. The first-order valence-corrected chi connectivity index (χ1v) is 11.0. The molecule has 2 aromatic carbocycles. The van der Waals surface area contributed by atoms with Gasteiger partial charge in [0.05, 0.1) is 17.5 Å². The normalized spacial score (nSPS) is 17.4. The summed E-state index contributed by atoms with van der Waals surface area (Å²) in [5.74, 6) is -0.396. The van der Waals surface area contributed by atoms with Crippen LogP contribution in [-0.2, 0) is 0 Å². The quantitative estimate of drug-likeness (QED) is 0.428. The number of carbonyl (C=O) groups is 1. The highest BCUT2D eigenvalue weighted by Gasteiger charge is 2.36. The van der Waals surface area contributed by atoms with Crippen molar-refractivity contribution in [3.05, 3.63) is 83.4 Å². The van der Waals surface area contributed by atoms with E-state index in [1.165, 1.54) is 6.21 Å². The molecular formula is C26H29FN4O. The molecular weight excluding hydrogens is 403 g/mol. The Kier molecular flexibility index (Phi) is 5.87. The van der Waals surface area contributed by atoms with E-state index >= 15 is 0 Å². The van der Waals surface area contributed by atoms with Crippen LogP contribution < -0.4 is 10.3 Å². The molecule has 1 aromatic heterocycles. The zero-order valence-corrected chi connectivity index (χ0v) is 19.0. The van der Waals surface area contributed by atoms with E-state index in [9.17, 15) is 9.18 Å². The van der Waals surface area contributed by atoms with Crippen LogP contribution in [0.3, 0.4) is 0 Å². The molecule has 6 heteroatoms. The number of benzene rings is 2. The molecule has 0 fully saturated rings. The summed E-state index contributed by atoms with van der Waals surface area (Å²) in [4.78, 5) is 15.0. The highest BCUT2D eigenvalue weighted by molar-refractivity contribution is 5.98. The minimum atomic E-state index is -0.351. The standard InChI is InChI=1S/C26H29FN4O/c1-5-31-24-15-22(27)19(14-21(24)18(2)16-26(31,3)4)17-28-29-25(32)20-10-6-7-11-23(20)30-12-8-9-13-30/h6-15,17-18H,5,16H2,1-4H3,(H,29,32)/b28-17-. The number of hydrogen-bond donors (Lipinski definition) is 1. The Hall–Kier alpha value is -3.41. The number of hydrazone groups is 1. The van der Waals surface area contributed by atoms with Crippen LogP contribution >= 0.6 is 0 Å². The molecule has 1 amide bonds. The van der Waals surface area contributed by atoms with Crippen LogP contribution in [0.4, 0.5) is 10.1 Å². The maximum atomic E-state index is 14.9. The molecule has 1 unspecified atom stereocenters. The van der Waals surface area contributed by atoms with Gasteiger partial charge in [-0.25, -0.2) is 9.82 Å². The van der Waals surface area contributed by atoms with Gasteiger partial charge in [-0.2, -0.15) is 5.10 Å². The first-order chi connectivity index (χ1) is 15.3. The van der Waals surface area contributed by atoms with Gasteiger partial charge < -0.3 is 9.47 Å². The lowest BCUT2D eigenvalue weighted by atomic mass is 9.79. The molecule has 1 N–H and O–H groups in total. The number of carbonyl (C=O) groups excluding carboxylic acids is 1. The third-order valence-electron chi connectivity index (χ3n) is 6.22. The number of aromatic nitrogens is 1. The summed E-state index contributed by atoms with van der Waals surface area (Å²) in [6, 6.07) is 14.5. The minimum Gasteiger partial charge on any atom is -0.366 e. The average molecular weight is 433 g/mol. The van der Waals surface area contributed by atoms with Crippen molar-refractivity contribution < 1.29 is 9.18 Å². The van der Waals surface area contributed by atoms with Crippen molar-refractivity contribution >= 4 is 17.8 Å². The predicted molar refractivity (Wildman–Crippen MR) is 127 cm³/mol. The number of amides is 1. The van der Waals surface area contributed by atoms with Crippen molar-refractivity contribution in [2.75, 3.05) is 11.4 Å². The highest BCUT2D eigenvalue weighted by Crippen LogP contribution is 2.43. The van der Waals surface area contributed by atoms with Crippen LogP contribution in [0.15, 0.2) is 66.0 Å². The SMILES string of the molecule is CCN1c2cc(F)c(/C=N\NC(=O)c3ccccc3-n3cccc3)cc2C(C)CC1(C)C. The molecule has 0 saturated carbocycles. The van der Waals surface area contributed by atoms with Crippen molar-refractivity contribution in [2.45, 2.75) is 45.6 Å². The molecule has 1 atom stereocenters. The summed E-state index contributed by atoms with van der Waals surface area (Å²) in [6.07, 6.45) is 6.12. The lowest BCUT2D eigenvalue weighted by Gasteiger charge is -2.47. The van der Waals surface area contributed by atoms with Gasteiger partial charge in [0.25, 0.3) is 5.91 Å². The monoisotopic (exact) mass is 432 g/mol. The van der Waals surface area contributed by atoms with Gasteiger partial charge in [0.2, 0.25) is 0 Å². The number of nitrogens with zero attached hydrogens (tertiary/aromatic N) is 3. The third-order valence-corrected chi connectivity index (χ3v) is 6.22. The number of halogens is 1. The lowest BCUT2D eigenvalue weighted by Crippen LogP contribution is -2.48. The highest BCUT2D eigenvalue weighted by atomic mass is 19.1. The van der Waals surface area contributed by atoms with Crippen molar-refractivity contribution in [3.63, 3.8) is 0 Å². The van der Waals surface area contributed by atoms with Crippen LogP contribution in [-0.4, -0.2) is 28.8 Å². The van der Waals surface area contributed by atoms with E-state index < -0.39 is 0 Å². The first-order valence-electron chi connectivity index (χ1n) is 11.0. The molecule has 2 heterocycles. The Balaban J connectivity index is 1.57. The number of para-hydroxylation sites is 1. The van der Waals surface area contributed by atoms with Crippen LogP contribution in [0, 0.1) is 5.82 Å². The predicted octanol–water partition coefficient (Wildman–Crippen LogP) is 5.49. The smallest absolute Gasteiger partial charge is 0.273 e. The molecule has 1 aliphatic heterocycles. The van der Waals surface area contributed by atoms with E-state index in [0.717, 1.165) is 29.9 Å². The molecule has 3 aromatic rings. The van der Waals surface area contributed by atoms with Crippen molar-refractivity contribution in [3.8, 4) is 5.69 Å². The van der Waals surface area contributed by atoms with Gasteiger partial charge >= 0.3 is 0 Å². The Morgan fingerprint density at radius 3 is 2.62 bits per heavy atom. The number of hydrogen-bond acceptors (Lipinski definition) is 3. The van der Waals surface area contributed by atoms with E-state index in [1.54, 1.807) is 18.2 Å². The Labute approximate surface area is 188 Å². The summed E-state index contributed by atoms with van der Waals surface area (Å²) >= 11 is 0. The zero-order chi connectivity index (χ0) is 22.9. The van der Waals surface area contributed by atoms with E-state index in [4.69, 9.17) is 0 Å². The minimum absolute atomic E-state index is 0.0235. The maximum Gasteiger partial charge on any atom is 0.273 e. The molecule has 4 rings (SSSR count). The van der Waals surface area contributed by atoms with Crippen LogP contribution in [0.25, 0.3) is 5.69 Å². The number of anilines is 1. The lowest BCUT2D eigenvalue weighted by molar-refractivity contribution is 0.0955. The average Bonchev–Trinajstić information content (AvgIpc) is 3.29. The number of rotatable bonds is 5. The van der Waals surface area contributed by atoms with Gasteiger partial charge in [0.15, 0.2) is 0 Å². The summed E-state index contributed by atoms with van der Waals surface area (Å²) < 4.78 is 16.8. The fraction of sp³-hybridized carbons (Fsp3) is 0.308. The van der Waals surface area contributed by atoms with Gasteiger partial charge in [-0.3, -0.25) is 4.79 Å². The van der Waals surface area contributed by atoms with E-state index in [2.05, 4.69) is 43.1 Å². The zero-order valence-electron chi connectivity index (χ0n) is 19.0. The van der Waals surface area contributed by atoms with Gasteiger partial charge in [0.1, 0.15) is 5.82 Å². The summed E-state index contributed by atoms with van der Waals surface area (Å²) in [5, 5.41) is 4.06. The van der Waals surface area contributed by atoms with Gasteiger partial charge in [0, 0.05) is 35.7 Å². The molecule has 1 aliphatic rings. The van der Waals surface area contributed by atoms with E-state index in [1.807, 2.05) is 47.3 Å². The topological polar surface area (TPSA) is 49.6 Å². The maximum absolute atomic E-state index is 14.9. The van der Waals surface area contributed by atoms with Crippen molar-refractivity contribution in [1.82, 2.24) is 9.99 Å². The van der Waals surface area contributed by atoms with Gasteiger partial charge in [-0.1, -0.05) is 19.1 Å². The third kappa shape index (κ3) is 4.05. The Morgan fingerprint density at radius 1 is 1.19 bits per heavy atom. The van der Waals surface area contributed by atoms with Crippen LogP contribution in [0.5, 0.6) is 0 Å². The van der Waals surface area contributed by atoms with Gasteiger partial charge in [-0.05, 0) is 75.1 Å². The summed E-state index contributed by atoms with van der Waals surface area (Å²) in [5.41, 5.74) is 6.17. The molecule has 0 saturated heterocycles. The first kappa shape index (κ1) is 21.8. The molecule has 0 radical (unpaired) electrons. The van der Waals surface area contributed by atoms with Gasteiger partial charge in [-0.15, -0.1) is 0 Å². The molecule has 0 spiro atoms. The van der Waals surface area contributed by atoms with Crippen molar-refractivity contribution in [2.24, 2.45) is 5.10 Å². The fourth-order valence-corrected chi connectivity index (χ4v) is 4.83. The number of fused-ring (bicyclic) bond motifs is 1. The largest absolute Gasteiger partial charge is 0.366 e. The number of nitrogens with one attached hydrogen (secondary N) is 1. The van der Waals surface area contributed by atoms with Crippen LogP contribution in [0.2, 0.25) is 0 Å². The van der Waals surface area contributed by atoms with E-state index in [-0.39, 0.29) is 17.3 Å². The second-order valence-electron chi connectivity index (χ2n) is 8.90. The molecule has 32 heavy (non-hydrogen) atoms. The Bertz CT molecular complexity index is 1150. The molecule has 166 valence electrons. The second-order valence-corrected chi connectivity index (χ2v) is 8.90. The van der Waals surface area contributed by atoms with Crippen LogP contribution in [0.1, 0.15) is 61.5 Å². The fourth-order valence-electron chi connectivity index (χ4n) is 4.83. The summed E-state index contributed by atoms with van der Waals surface area (Å²) in [6.45, 7) is 9.48.